The number of allylic oxidation sites excluding steroid dienone is 1. The molecule has 88 valence electrons. The van der Waals surface area contributed by atoms with Crippen molar-refractivity contribution in [3.8, 4) is 12.3 Å². The van der Waals surface area contributed by atoms with Crippen molar-refractivity contribution in [1.82, 2.24) is 0 Å². The zero-order valence-electron chi connectivity index (χ0n) is 10.8. The summed E-state index contributed by atoms with van der Waals surface area (Å²) in [5.41, 5.74) is 0.941. The Hall–Kier alpha value is -0.740. The molecule has 1 aliphatic carbocycles. The van der Waals surface area contributed by atoms with Crippen molar-refractivity contribution in [2.75, 3.05) is 0 Å². The standard InChI is InChI=1S/C15H22O/c1-6-14(5)9-10-15(16-14)12(3)8-7-11(2)13(15)4/h1,8,11,13H,7,9-10H2,2-5H3/t11-,13+,14-,15+/m0/s1. The molecule has 0 radical (unpaired) electrons. The molecule has 0 aromatic rings. The fourth-order valence-corrected chi connectivity index (χ4v) is 3.19. The molecule has 0 unspecified atom stereocenters. The van der Waals surface area contributed by atoms with Gasteiger partial charge in [-0.3, -0.25) is 0 Å². The van der Waals surface area contributed by atoms with E-state index in [-0.39, 0.29) is 11.2 Å². The van der Waals surface area contributed by atoms with Crippen molar-refractivity contribution in [3.05, 3.63) is 11.6 Å². The lowest BCUT2D eigenvalue weighted by Gasteiger charge is -2.43. The summed E-state index contributed by atoms with van der Waals surface area (Å²) in [6, 6.07) is 0. The van der Waals surface area contributed by atoms with Crippen LogP contribution in [0.3, 0.4) is 0 Å². The minimum Gasteiger partial charge on any atom is -0.352 e. The molecule has 1 saturated heterocycles. The number of ether oxygens (including phenoxy) is 1. The van der Waals surface area contributed by atoms with Crippen LogP contribution in [-0.2, 0) is 4.74 Å². The zero-order valence-corrected chi connectivity index (χ0v) is 10.8. The lowest BCUT2D eigenvalue weighted by Crippen LogP contribution is -2.44. The predicted octanol–water partition coefficient (Wildman–Crippen LogP) is 3.55. The molecule has 0 saturated carbocycles. The first-order chi connectivity index (χ1) is 7.43. The van der Waals surface area contributed by atoms with E-state index in [0.717, 1.165) is 12.8 Å². The van der Waals surface area contributed by atoms with E-state index in [9.17, 15) is 0 Å². The number of hydrogen-bond acceptors (Lipinski definition) is 1. The SMILES string of the molecule is C#C[C@@]1(C)CC[C@@]2(O1)C(C)=CC[C@H](C)[C@H]2C. The van der Waals surface area contributed by atoms with Gasteiger partial charge in [-0.25, -0.2) is 0 Å². The van der Waals surface area contributed by atoms with Gasteiger partial charge in [-0.15, -0.1) is 6.42 Å². The van der Waals surface area contributed by atoms with Crippen LogP contribution in [0.25, 0.3) is 0 Å². The molecule has 0 N–H and O–H groups in total. The molecule has 0 aromatic carbocycles. The summed E-state index contributed by atoms with van der Waals surface area (Å²) in [5.74, 6) is 4.07. The molecule has 2 aliphatic rings. The second-order valence-corrected chi connectivity index (χ2v) is 5.76. The quantitative estimate of drug-likeness (QED) is 0.446. The van der Waals surface area contributed by atoms with Crippen molar-refractivity contribution in [1.29, 1.82) is 0 Å². The maximum Gasteiger partial charge on any atom is 0.126 e. The Labute approximate surface area is 99.3 Å². The summed E-state index contributed by atoms with van der Waals surface area (Å²) in [5, 5.41) is 0. The van der Waals surface area contributed by atoms with Gasteiger partial charge in [-0.05, 0) is 50.5 Å². The van der Waals surface area contributed by atoms with Gasteiger partial charge in [0.05, 0.1) is 5.60 Å². The molecule has 1 heteroatoms. The summed E-state index contributed by atoms with van der Waals surface area (Å²) in [7, 11) is 0. The first kappa shape index (κ1) is 11.7. The van der Waals surface area contributed by atoms with Gasteiger partial charge in [0.25, 0.3) is 0 Å². The first-order valence-electron chi connectivity index (χ1n) is 6.29. The molecule has 2 rings (SSSR count). The number of rotatable bonds is 0. The molecule has 1 nitrogen and oxygen atoms in total. The second-order valence-electron chi connectivity index (χ2n) is 5.76. The minimum atomic E-state index is -0.361. The predicted molar refractivity (Wildman–Crippen MR) is 67.0 cm³/mol. The highest BCUT2D eigenvalue weighted by atomic mass is 16.5. The van der Waals surface area contributed by atoms with Crippen molar-refractivity contribution < 1.29 is 4.74 Å². The zero-order chi connectivity index (χ0) is 12.0. The molecule has 1 spiro atoms. The maximum atomic E-state index is 6.32. The van der Waals surface area contributed by atoms with Crippen LogP contribution in [0.4, 0.5) is 0 Å². The Morgan fingerprint density at radius 2 is 2.12 bits per heavy atom. The summed E-state index contributed by atoms with van der Waals surface area (Å²) in [4.78, 5) is 0. The summed E-state index contributed by atoms with van der Waals surface area (Å²) in [6.07, 6.45) is 11.1. The van der Waals surface area contributed by atoms with Gasteiger partial charge in [-0.1, -0.05) is 25.8 Å². The maximum absolute atomic E-state index is 6.32. The topological polar surface area (TPSA) is 9.23 Å². The van der Waals surface area contributed by atoms with E-state index >= 15 is 0 Å². The fraction of sp³-hybridized carbons (Fsp3) is 0.733. The van der Waals surface area contributed by atoms with Crippen LogP contribution in [0.1, 0.15) is 47.0 Å². The van der Waals surface area contributed by atoms with Crippen LogP contribution in [0, 0.1) is 24.2 Å². The van der Waals surface area contributed by atoms with Crippen LogP contribution in [0.2, 0.25) is 0 Å². The van der Waals surface area contributed by atoms with Crippen molar-refractivity contribution in [2.45, 2.75) is 58.2 Å². The molecule has 4 atom stereocenters. The van der Waals surface area contributed by atoms with E-state index in [4.69, 9.17) is 11.2 Å². The lowest BCUT2D eigenvalue weighted by molar-refractivity contribution is -0.0886. The molecule has 0 amide bonds. The molecule has 0 aromatic heterocycles. The van der Waals surface area contributed by atoms with Gasteiger partial charge >= 0.3 is 0 Å². The Kier molecular flexibility index (Phi) is 2.67. The molecule has 0 bridgehead atoms. The number of hydrogen-bond donors (Lipinski definition) is 0. The molecular weight excluding hydrogens is 196 g/mol. The van der Waals surface area contributed by atoms with Crippen molar-refractivity contribution >= 4 is 0 Å². The Morgan fingerprint density at radius 1 is 1.44 bits per heavy atom. The molecule has 16 heavy (non-hydrogen) atoms. The van der Waals surface area contributed by atoms with E-state index < -0.39 is 0 Å². The summed E-state index contributed by atoms with van der Waals surface area (Å²) in [6.45, 7) is 8.86. The highest BCUT2D eigenvalue weighted by Crippen LogP contribution is 2.51. The minimum absolute atomic E-state index is 0.0845. The molecular formula is C15H22O. The highest BCUT2D eigenvalue weighted by molar-refractivity contribution is 5.26. The third-order valence-corrected chi connectivity index (χ3v) is 4.74. The summed E-state index contributed by atoms with van der Waals surface area (Å²) < 4.78 is 6.32. The molecule has 1 heterocycles. The lowest BCUT2D eigenvalue weighted by atomic mass is 9.69. The van der Waals surface area contributed by atoms with Crippen LogP contribution < -0.4 is 0 Å². The summed E-state index contributed by atoms with van der Waals surface area (Å²) >= 11 is 0. The van der Waals surface area contributed by atoms with E-state index in [2.05, 4.69) is 32.8 Å². The van der Waals surface area contributed by atoms with E-state index in [1.54, 1.807) is 0 Å². The number of terminal acetylenes is 1. The normalized spacial score (nSPS) is 47.8. The highest BCUT2D eigenvalue weighted by Gasteiger charge is 2.52. The van der Waals surface area contributed by atoms with Gasteiger partial charge in [0, 0.05) is 0 Å². The van der Waals surface area contributed by atoms with Crippen molar-refractivity contribution in [3.63, 3.8) is 0 Å². The van der Waals surface area contributed by atoms with Gasteiger partial charge in [0.2, 0.25) is 0 Å². The Morgan fingerprint density at radius 3 is 2.69 bits per heavy atom. The third-order valence-electron chi connectivity index (χ3n) is 4.74. The van der Waals surface area contributed by atoms with Gasteiger partial charge in [0.15, 0.2) is 0 Å². The van der Waals surface area contributed by atoms with E-state index in [1.807, 2.05) is 6.92 Å². The largest absolute Gasteiger partial charge is 0.352 e. The monoisotopic (exact) mass is 218 g/mol. The average Bonchev–Trinajstić information content (AvgIpc) is 2.63. The van der Waals surface area contributed by atoms with Crippen LogP contribution >= 0.6 is 0 Å². The van der Waals surface area contributed by atoms with E-state index in [0.29, 0.717) is 11.8 Å². The molecule has 1 aliphatic heterocycles. The van der Waals surface area contributed by atoms with E-state index in [1.165, 1.54) is 12.0 Å². The van der Waals surface area contributed by atoms with Crippen molar-refractivity contribution in [2.24, 2.45) is 11.8 Å². The average molecular weight is 218 g/mol. The third kappa shape index (κ3) is 1.52. The first-order valence-corrected chi connectivity index (χ1v) is 6.29. The Balaban J connectivity index is 2.36. The second kappa shape index (κ2) is 3.64. The fourth-order valence-electron chi connectivity index (χ4n) is 3.19. The van der Waals surface area contributed by atoms with Gasteiger partial charge in [0.1, 0.15) is 5.60 Å². The smallest absolute Gasteiger partial charge is 0.126 e. The van der Waals surface area contributed by atoms with Crippen LogP contribution in [0.15, 0.2) is 11.6 Å². The van der Waals surface area contributed by atoms with Crippen LogP contribution in [0.5, 0.6) is 0 Å². The van der Waals surface area contributed by atoms with Gasteiger partial charge < -0.3 is 4.74 Å². The van der Waals surface area contributed by atoms with Gasteiger partial charge in [-0.2, -0.15) is 0 Å². The molecule has 1 fully saturated rings. The van der Waals surface area contributed by atoms with Crippen LogP contribution in [-0.4, -0.2) is 11.2 Å². The Bertz CT molecular complexity index is 362.